The van der Waals surface area contributed by atoms with Gasteiger partial charge in [-0.2, -0.15) is 0 Å². The van der Waals surface area contributed by atoms with Gasteiger partial charge in [0.1, 0.15) is 11.6 Å². The number of rotatable bonds is 4. The predicted molar refractivity (Wildman–Crippen MR) is 60.1 cm³/mol. The zero-order valence-corrected chi connectivity index (χ0v) is 8.74. The van der Waals surface area contributed by atoms with Crippen molar-refractivity contribution in [3.05, 3.63) is 53.7 Å². The molecule has 16 heavy (non-hydrogen) atoms. The second-order valence-corrected chi connectivity index (χ2v) is 3.54. The molecule has 0 spiro atoms. The number of hydrogen-bond donors (Lipinski definition) is 2. The number of hydrogen-bond acceptors (Lipinski definition) is 3. The van der Waals surface area contributed by atoms with Crippen LogP contribution in [-0.2, 0) is 13.1 Å². The minimum Gasteiger partial charge on any atom is -0.468 e. The molecular formula is C12H13FN2O. The van der Waals surface area contributed by atoms with Crippen molar-refractivity contribution in [2.24, 2.45) is 0 Å². The Morgan fingerprint density at radius 1 is 1.25 bits per heavy atom. The van der Waals surface area contributed by atoms with Crippen LogP contribution in [0.4, 0.5) is 10.1 Å². The summed E-state index contributed by atoms with van der Waals surface area (Å²) in [6, 6.07) is 8.52. The van der Waals surface area contributed by atoms with Gasteiger partial charge >= 0.3 is 0 Å². The first-order valence-electron chi connectivity index (χ1n) is 5.03. The van der Waals surface area contributed by atoms with Crippen LogP contribution in [0.15, 0.2) is 41.0 Å². The van der Waals surface area contributed by atoms with E-state index in [-0.39, 0.29) is 11.5 Å². The fourth-order valence-electron chi connectivity index (χ4n) is 1.42. The highest BCUT2D eigenvalue weighted by molar-refractivity contribution is 5.41. The molecule has 2 aromatic rings. The zero-order chi connectivity index (χ0) is 11.4. The second kappa shape index (κ2) is 4.81. The Morgan fingerprint density at radius 3 is 2.81 bits per heavy atom. The number of halogens is 1. The van der Waals surface area contributed by atoms with Gasteiger partial charge in [-0.15, -0.1) is 0 Å². The fraction of sp³-hybridized carbons (Fsp3) is 0.167. The van der Waals surface area contributed by atoms with Crippen molar-refractivity contribution in [2.45, 2.75) is 13.1 Å². The molecule has 0 bridgehead atoms. The lowest BCUT2D eigenvalue weighted by molar-refractivity contribution is 0.482. The monoisotopic (exact) mass is 220 g/mol. The summed E-state index contributed by atoms with van der Waals surface area (Å²) in [6.45, 7) is 1.21. The van der Waals surface area contributed by atoms with Crippen LogP contribution < -0.4 is 11.1 Å². The first kappa shape index (κ1) is 10.7. The van der Waals surface area contributed by atoms with Gasteiger partial charge in [-0.1, -0.05) is 6.07 Å². The van der Waals surface area contributed by atoms with Gasteiger partial charge < -0.3 is 15.5 Å². The van der Waals surface area contributed by atoms with Crippen LogP contribution in [0.5, 0.6) is 0 Å². The lowest BCUT2D eigenvalue weighted by atomic mass is 10.2. The first-order valence-corrected chi connectivity index (χ1v) is 5.03. The average molecular weight is 220 g/mol. The third kappa shape index (κ3) is 2.61. The molecule has 1 aromatic heterocycles. The summed E-state index contributed by atoms with van der Waals surface area (Å²) in [4.78, 5) is 0. The van der Waals surface area contributed by atoms with Crippen molar-refractivity contribution in [3.63, 3.8) is 0 Å². The van der Waals surface area contributed by atoms with Crippen molar-refractivity contribution in [1.29, 1.82) is 0 Å². The molecule has 0 unspecified atom stereocenters. The molecule has 0 fully saturated rings. The smallest absolute Gasteiger partial charge is 0.146 e. The van der Waals surface area contributed by atoms with E-state index in [0.29, 0.717) is 13.1 Å². The molecular weight excluding hydrogens is 207 g/mol. The minimum atomic E-state index is -0.378. The summed E-state index contributed by atoms with van der Waals surface area (Å²) < 4.78 is 18.3. The molecule has 0 aliphatic heterocycles. The average Bonchev–Trinajstić information content (AvgIpc) is 2.76. The van der Waals surface area contributed by atoms with Crippen LogP contribution in [0.3, 0.4) is 0 Å². The van der Waals surface area contributed by atoms with Crippen molar-refractivity contribution in [3.8, 4) is 0 Å². The molecule has 0 amide bonds. The number of benzene rings is 1. The number of nitrogen functional groups attached to an aromatic ring is 1. The molecule has 0 aliphatic carbocycles. The van der Waals surface area contributed by atoms with E-state index in [9.17, 15) is 4.39 Å². The van der Waals surface area contributed by atoms with Crippen LogP contribution in [-0.4, -0.2) is 0 Å². The van der Waals surface area contributed by atoms with Gasteiger partial charge in [0.2, 0.25) is 0 Å². The maximum absolute atomic E-state index is 13.1. The molecule has 1 heterocycles. The highest BCUT2D eigenvalue weighted by Gasteiger charge is 2.00. The second-order valence-electron chi connectivity index (χ2n) is 3.54. The Hall–Kier alpha value is -1.81. The van der Waals surface area contributed by atoms with Crippen LogP contribution in [0.2, 0.25) is 0 Å². The SMILES string of the molecule is Nc1ccc(CNCc2ccco2)cc1F. The van der Waals surface area contributed by atoms with Crippen molar-refractivity contribution >= 4 is 5.69 Å². The molecule has 0 saturated heterocycles. The van der Waals surface area contributed by atoms with E-state index in [1.54, 1.807) is 18.4 Å². The molecule has 0 atom stereocenters. The largest absolute Gasteiger partial charge is 0.468 e. The van der Waals surface area contributed by atoms with Gasteiger partial charge in [0.15, 0.2) is 0 Å². The maximum Gasteiger partial charge on any atom is 0.146 e. The van der Waals surface area contributed by atoms with Crippen molar-refractivity contribution < 1.29 is 8.81 Å². The van der Waals surface area contributed by atoms with E-state index in [1.807, 2.05) is 12.1 Å². The van der Waals surface area contributed by atoms with Gasteiger partial charge in [-0.3, -0.25) is 0 Å². The summed E-state index contributed by atoms with van der Waals surface area (Å²) in [5.74, 6) is 0.480. The highest BCUT2D eigenvalue weighted by atomic mass is 19.1. The maximum atomic E-state index is 13.1. The molecule has 1 aromatic carbocycles. The van der Waals surface area contributed by atoms with Gasteiger partial charge in [-0.05, 0) is 29.8 Å². The summed E-state index contributed by atoms with van der Waals surface area (Å²) >= 11 is 0. The van der Waals surface area contributed by atoms with Gasteiger partial charge in [0, 0.05) is 6.54 Å². The van der Waals surface area contributed by atoms with Crippen molar-refractivity contribution in [1.82, 2.24) is 5.32 Å². The molecule has 4 heteroatoms. The Balaban J connectivity index is 1.87. The Bertz CT molecular complexity index is 454. The quantitative estimate of drug-likeness (QED) is 0.777. The summed E-state index contributed by atoms with van der Waals surface area (Å²) in [6.07, 6.45) is 1.62. The van der Waals surface area contributed by atoms with E-state index < -0.39 is 0 Å². The Morgan fingerprint density at radius 2 is 2.12 bits per heavy atom. The van der Waals surface area contributed by atoms with Crippen molar-refractivity contribution in [2.75, 3.05) is 5.73 Å². The first-order chi connectivity index (χ1) is 7.75. The predicted octanol–water partition coefficient (Wildman–Crippen LogP) is 2.29. The molecule has 0 radical (unpaired) electrons. The number of nitrogens with one attached hydrogen (secondary N) is 1. The van der Waals surface area contributed by atoms with E-state index in [1.165, 1.54) is 6.07 Å². The Labute approximate surface area is 93.1 Å². The number of nitrogens with two attached hydrogens (primary N) is 1. The lowest BCUT2D eigenvalue weighted by Crippen LogP contribution is -2.12. The van der Waals surface area contributed by atoms with Crippen LogP contribution in [0, 0.1) is 5.82 Å². The third-order valence-corrected chi connectivity index (χ3v) is 2.27. The third-order valence-electron chi connectivity index (χ3n) is 2.27. The highest BCUT2D eigenvalue weighted by Crippen LogP contribution is 2.11. The molecule has 0 aliphatic rings. The summed E-state index contributed by atoms with van der Waals surface area (Å²) in [5, 5.41) is 3.15. The lowest BCUT2D eigenvalue weighted by Gasteiger charge is -2.04. The van der Waals surface area contributed by atoms with Gasteiger partial charge in [-0.25, -0.2) is 4.39 Å². The van der Waals surface area contributed by atoms with Gasteiger partial charge in [0.25, 0.3) is 0 Å². The topological polar surface area (TPSA) is 51.2 Å². The van der Waals surface area contributed by atoms with Crippen LogP contribution in [0.1, 0.15) is 11.3 Å². The van der Waals surface area contributed by atoms with E-state index in [4.69, 9.17) is 10.2 Å². The normalized spacial score (nSPS) is 10.6. The number of furan rings is 1. The zero-order valence-electron chi connectivity index (χ0n) is 8.74. The summed E-state index contributed by atoms with van der Waals surface area (Å²) in [7, 11) is 0. The van der Waals surface area contributed by atoms with E-state index in [2.05, 4.69) is 5.32 Å². The molecule has 3 N–H and O–H groups in total. The molecule has 0 saturated carbocycles. The van der Waals surface area contributed by atoms with E-state index >= 15 is 0 Å². The van der Waals surface area contributed by atoms with Gasteiger partial charge in [0.05, 0.1) is 18.5 Å². The van der Waals surface area contributed by atoms with Crippen LogP contribution >= 0.6 is 0 Å². The van der Waals surface area contributed by atoms with Crippen LogP contribution in [0.25, 0.3) is 0 Å². The number of anilines is 1. The minimum absolute atomic E-state index is 0.176. The standard InChI is InChI=1S/C12H13FN2O/c13-11-6-9(3-4-12(11)14)7-15-8-10-2-1-5-16-10/h1-6,15H,7-8,14H2. The molecule has 3 nitrogen and oxygen atoms in total. The fourth-order valence-corrected chi connectivity index (χ4v) is 1.42. The molecule has 2 rings (SSSR count). The van der Waals surface area contributed by atoms with E-state index in [0.717, 1.165) is 11.3 Å². The molecule has 84 valence electrons. The summed E-state index contributed by atoms with van der Waals surface area (Å²) in [5.41, 5.74) is 6.42. The Kier molecular flexibility index (Phi) is 3.22.